The Hall–Kier alpha value is -1.02. The maximum absolute atomic E-state index is 5.11. The minimum atomic E-state index is 0.779. The van der Waals surface area contributed by atoms with E-state index in [9.17, 15) is 0 Å². The normalized spacial score (nSPS) is 10.4. The molecule has 0 fully saturated rings. The third-order valence-electron chi connectivity index (χ3n) is 2.52. The number of rotatable bonds is 5. The largest absolute Gasteiger partial charge is 0.383 e. The van der Waals surface area contributed by atoms with Crippen LogP contribution in [0.15, 0.2) is 18.2 Å². The number of likely N-dealkylation sites (N-methyl/N-ethyl adjacent to an activating group) is 1. The molecule has 0 N–H and O–H groups in total. The van der Waals surface area contributed by atoms with E-state index in [1.165, 1.54) is 16.8 Å². The number of aryl methyl sites for hydroxylation is 2. The lowest BCUT2D eigenvalue weighted by Crippen LogP contribution is -2.26. The van der Waals surface area contributed by atoms with Gasteiger partial charge in [0.05, 0.1) is 6.61 Å². The smallest absolute Gasteiger partial charge is 0.0637 e. The van der Waals surface area contributed by atoms with Crippen LogP contribution in [0.2, 0.25) is 0 Å². The van der Waals surface area contributed by atoms with Gasteiger partial charge in [0.2, 0.25) is 0 Å². The molecule has 0 aromatic heterocycles. The van der Waals surface area contributed by atoms with Gasteiger partial charge in [-0.05, 0) is 44.0 Å². The van der Waals surface area contributed by atoms with E-state index < -0.39 is 0 Å². The molecule has 1 aromatic carbocycles. The molecule has 0 spiro atoms. The van der Waals surface area contributed by atoms with Crippen molar-refractivity contribution in [2.45, 2.75) is 20.8 Å². The summed E-state index contributed by atoms with van der Waals surface area (Å²) in [7, 11) is 1.75. The summed E-state index contributed by atoms with van der Waals surface area (Å²) in [6.07, 6.45) is 0. The van der Waals surface area contributed by atoms with Gasteiger partial charge in [-0.15, -0.1) is 0 Å². The highest BCUT2D eigenvalue weighted by Crippen LogP contribution is 2.18. The van der Waals surface area contributed by atoms with E-state index in [2.05, 4.69) is 43.9 Å². The van der Waals surface area contributed by atoms with Crippen LogP contribution in [0, 0.1) is 13.8 Å². The molecule has 15 heavy (non-hydrogen) atoms. The highest BCUT2D eigenvalue weighted by Gasteiger charge is 2.04. The predicted molar refractivity (Wildman–Crippen MR) is 65.7 cm³/mol. The number of hydrogen-bond donors (Lipinski definition) is 0. The Morgan fingerprint density at radius 2 is 1.73 bits per heavy atom. The van der Waals surface area contributed by atoms with Crippen molar-refractivity contribution in [3.8, 4) is 0 Å². The number of benzene rings is 1. The van der Waals surface area contributed by atoms with Crippen molar-refractivity contribution in [1.29, 1.82) is 0 Å². The molecule has 0 unspecified atom stereocenters. The minimum Gasteiger partial charge on any atom is -0.383 e. The van der Waals surface area contributed by atoms with E-state index in [4.69, 9.17) is 4.74 Å². The Labute approximate surface area is 92.9 Å². The molecular formula is C13H21NO. The van der Waals surface area contributed by atoms with Crippen molar-refractivity contribution in [1.82, 2.24) is 0 Å². The molecule has 0 saturated carbocycles. The Morgan fingerprint density at radius 3 is 2.20 bits per heavy atom. The van der Waals surface area contributed by atoms with E-state index in [-0.39, 0.29) is 0 Å². The average Bonchev–Trinajstić information content (AvgIpc) is 2.17. The molecule has 0 atom stereocenters. The van der Waals surface area contributed by atoms with Crippen LogP contribution < -0.4 is 4.90 Å². The summed E-state index contributed by atoms with van der Waals surface area (Å²) < 4.78 is 5.11. The Balaban J connectivity index is 2.81. The lowest BCUT2D eigenvalue weighted by atomic mass is 10.1. The zero-order valence-electron chi connectivity index (χ0n) is 10.2. The van der Waals surface area contributed by atoms with Gasteiger partial charge in [0.25, 0.3) is 0 Å². The van der Waals surface area contributed by atoms with Crippen LogP contribution in [0.5, 0.6) is 0 Å². The first-order valence-corrected chi connectivity index (χ1v) is 5.49. The Morgan fingerprint density at radius 1 is 1.13 bits per heavy atom. The molecule has 84 valence electrons. The van der Waals surface area contributed by atoms with Crippen molar-refractivity contribution in [3.63, 3.8) is 0 Å². The number of nitrogens with zero attached hydrogens (tertiary/aromatic N) is 1. The van der Waals surface area contributed by atoms with Gasteiger partial charge in [0.1, 0.15) is 0 Å². The van der Waals surface area contributed by atoms with E-state index in [0.29, 0.717) is 0 Å². The van der Waals surface area contributed by atoms with Crippen LogP contribution >= 0.6 is 0 Å². The van der Waals surface area contributed by atoms with E-state index >= 15 is 0 Å². The maximum Gasteiger partial charge on any atom is 0.0637 e. The van der Waals surface area contributed by atoms with Gasteiger partial charge in [0, 0.05) is 25.9 Å². The second kappa shape index (κ2) is 5.76. The highest BCUT2D eigenvalue weighted by molar-refractivity contribution is 5.50. The van der Waals surface area contributed by atoms with Gasteiger partial charge in [-0.3, -0.25) is 0 Å². The maximum atomic E-state index is 5.11. The molecule has 0 bridgehead atoms. The second-order valence-corrected chi connectivity index (χ2v) is 3.92. The second-order valence-electron chi connectivity index (χ2n) is 3.92. The molecule has 2 heteroatoms. The third-order valence-corrected chi connectivity index (χ3v) is 2.52. The monoisotopic (exact) mass is 207 g/mol. The molecule has 0 radical (unpaired) electrons. The quantitative estimate of drug-likeness (QED) is 0.736. The summed E-state index contributed by atoms with van der Waals surface area (Å²) in [4.78, 5) is 2.34. The van der Waals surface area contributed by atoms with E-state index in [1.54, 1.807) is 7.11 Å². The lowest BCUT2D eigenvalue weighted by molar-refractivity contribution is 0.205. The molecule has 0 aliphatic rings. The summed E-state index contributed by atoms with van der Waals surface area (Å²) in [6.45, 7) is 9.21. The molecule has 0 amide bonds. The first-order chi connectivity index (χ1) is 7.17. The molecule has 0 heterocycles. The fraction of sp³-hybridized carbons (Fsp3) is 0.538. The van der Waals surface area contributed by atoms with Gasteiger partial charge in [-0.25, -0.2) is 0 Å². The topological polar surface area (TPSA) is 12.5 Å². The number of hydrogen-bond acceptors (Lipinski definition) is 2. The minimum absolute atomic E-state index is 0.779. The summed E-state index contributed by atoms with van der Waals surface area (Å²) in [6, 6.07) is 6.66. The van der Waals surface area contributed by atoms with Crippen molar-refractivity contribution >= 4 is 5.69 Å². The third kappa shape index (κ3) is 3.56. The van der Waals surface area contributed by atoms with Crippen LogP contribution in [0.1, 0.15) is 18.1 Å². The van der Waals surface area contributed by atoms with Crippen molar-refractivity contribution in [2.24, 2.45) is 0 Å². The average molecular weight is 207 g/mol. The molecule has 0 aliphatic heterocycles. The van der Waals surface area contributed by atoms with E-state index in [1.807, 2.05) is 0 Å². The molecular weight excluding hydrogens is 186 g/mol. The van der Waals surface area contributed by atoms with Gasteiger partial charge in [-0.1, -0.05) is 6.07 Å². The lowest BCUT2D eigenvalue weighted by Gasteiger charge is -2.23. The van der Waals surface area contributed by atoms with Crippen LogP contribution in [0.25, 0.3) is 0 Å². The predicted octanol–water partition coefficient (Wildman–Crippen LogP) is 2.78. The highest BCUT2D eigenvalue weighted by atomic mass is 16.5. The molecule has 1 rings (SSSR count). The zero-order valence-corrected chi connectivity index (χ0v) is 10.2. The Kier molecular flexibility index (Phi) is 4.63. The van der Waals surface area contributed by atoms with Gasteiger partial charge in [-0.2, -0.15) is 0 Å². The standard InChI is InChI=1S/C13H21NO/c1-5-14(6-7-15-4)13-9-11(2)8-12(3)10-13/h8-10H,5-7H2,1-4H3. The van der Waals surface area contributed by atoms with Crippen molar-refractivity contribution in [2.75, 3.05) is 31.7 Å². The number of anilines is 1. The molecule has 1 aromatic rings. The fourth-order valence-electron chi connectivity index (χ4n) is 1.80. The van der Waals surface area contributed by atoms with Crippen molar-refractivity contribution in [3.05, 3.63) is 29.3 Å². The first kappa shape index (κ1) is 12.1. The molecule has 2 nitrogen and oxygen atoms in total. The fourth-order valence-corrected chi connectivity index (χ4v) is 1.80. The summed E-state index contributed by atoms with van der Waals surface area (Å²) in [5, 5.41) is 0. The first-order valence-electron chi connectivity index (χ1n) is 5.49. The summed E-state index contributed by atoms with van der Waals surface area (Å²) in [5.41, 5.74) is 3.94. The van der Waals surface area contributed by atoms with Crippen molar-refractivity contribution < 1.29 is 4.74 Å². The van der Waals surface area contributed by atoms with E-state index in [0.717, 1.165) is 19.7 Å². The SMILES string of the molecule is CCN(CCOC)c1cc(C)cc(C)c1. The Bertz CT molecular complexity index is 289. The van der Waals surface area contributed by atoms with Crippen LogP contribution in [-0.2, 0) is 4.74 Å². The summed E-state index contributed by atoms with van der Waals surface area (Å²) in [5.74, 6) is 0. The number of ether oxygens (including phenoxy) is 1. The molecule has 0 aliphatic carbocycles. The van der Waals surface area contributed by atoms with Crippen LogP contribution in [-0.4, -0.2) is 26.8 Å². The summed E-state index contributed by atoms with van der Waals surface area (Å²) >= 11 is 0. The number of methoxy groups -OCH3 is 1. The molecule has 0 saturated heterocycles. The van der Waals surface area contributed by atoms with Gasteiger partial charge in [0.15, 0.2) is 0 Å². The van der Waals surface area contributed by atoms with Gasteiger partial charge >= 0.3 is 0 Å². The zero-order chi connectivity index (χ0) is 11.3. The van der Waals surface area contributed by atoms with Gasteiger partial charge < -0.3 is 9.64 Å². The van der Waals surface area contributed by atoms with Crippen LogP contribution in [0.3, 0.4) is 0 Å². The van der Waals surface area contributed by atoms with Crippen LogP contribution in [0.4, 0.5) is 5.69 Å².